The molecule has 26 heavy (non-hydrogen) atoms. The fraction of sp³-hybridized carbons (Fsp3) is 0.300. The molecule has 6 heteroatoms. The quantitative estimate of drug-likeness (QED) is 0.661. The van der Waals surface area contributed by atoms with E-state index in [0.29, 0.717) is 6.04 Å². The average molecular weight is 349 g/mol. The van der Waals surface area contributed by atoms with Crippen molar-refractivity contribution in [1.82, 2.24) is 15.1 Å². The van der Waals surface area contributed by atoms with Gasteiger partial charge in [-0.05, 0) is 42.3 Å². The third kappa shape index (κ3) is 3.86. The molecule has 2 heterocycles. The van der Waals surface area contributed by atoms with E-state index in [-0.39, 0.29) is 5.91 Å². The monoisotopic (exact) mass is 349 g/mol. The van der Waals surface area contributed by atoms with Crippen LogP contribution in [0.5, 0.6) is 0 Å². The van der Waals surface area contributed by atoms with Gasteiger partial charge in [0.1, 0.15) is 0 Å². The van der Waals surface area contributed by atoms with Crippen molar-refractivity contribution in [1.29, 1.82) is 0 Å². The van der Waals surface area contributed by atoms with Gasteiger partial charge in [-0.15, -0.1) is 0 Å². The summed E-state index contributed by atoms with van der Waals surface area (Å²) in [6.07, 6.45) is 2.99. The van der Waals surface area contributed by atoms with Gasteiger partial charge in [-0.1, -0.05) is 12.1 Å². The highest BCUT2D eigenvalue weighted by atomic mass is 16.1. The van der Waals surface area contributed by atoms with Crippen LogP contribution in [-0.4, -0.2) is 40.1 Å². The number of H-pyrrole nitrogens is 1. The number of rotatable bonds is 5. The molecule has 1 aromatic heterocycles. The molecule has 0 radical (unpaired) electrons. The maximum Gasteiger partial charge on any atom is 0.221 e. The van der Waals surface area contributed by atoms with Gasteiger partial charge >= 0.3 is 0 Å². The molecule has 0 spiro atoms. The highest BCUT2D eigenvalue weighted by Crippen LogP contribution is 2.21. The van der Waals surface area contributed by atoms with Gasteiger partial charge in [0.15, 0.2) is 0 Å². The van der Waals surface area contributed by atoms with Gasteiger partial charge in [-0.3, -0.25) is 14.8 Å². The molecule has 3 aromatic rings. The summed E-state index contributed by atoms with van der Waals surface area (Å²) in [5.74, 6) is -0.0418. The van der Waals surface area contributed by atoms with Crippen LogP contribution in [0.4, 0.5) is 11.4 Å². The molecule has 134 valence electrons. The summed E-state index contributed by atoms with van der Waals surface area (Å²) in [5, 5.41) is 14.6. The number of fused-ring (bicyclic) bond motifs is 1. The number of likely N-dealkylation sites (tertiary alicyclic amines) is 1. The van der Waals surface area contributed by atoms with Crippen molar-refractivity contribution >= 4 is 28.2 Å². The molecule has 1 fully saturated rings. The maximum atomic E-state index is 11.1. The molecule has 6 nitrogen and oxygen atoms in total. The Bertz CT molecular complexity index is 902. The van der Waals surface area contributed by atoms with Crippen LogP contribution < -0.4 is 10.6 Å². The van der Waals surface area contributed by atoms with Crippen molar-refractivity contribution in [2.24, 2.45) is 0 Å². The first-order valence-electron chi connectivity index (χ1n) is 8.94. The van der Waals surface area contributed by atoms with Crippen LogP contribution in [0.1, 0.15) is 18.9 Å². The maximum absolute atomic E-state index is 11.1. The van der Waals surface area contributed by atoms with Crippen LogP contribution in [0, 0.1) is 0 Å². The van der Waals surface area contributed by atoms with E-state index in [1.54, 1.807) is 0 Å². The van der Waals surface area contributed by atoms with Crippen molar-refractivity contribution < 1.29 is 4.79 Å². The van der Waals surface area contributed by atoms with Gasteiger partial charge in [-0.25, -0.2) is 0 Å². The van der Waals surface area contributed by atoms with Crippen molar-refractivity contribution in [3.05, 3.63) is 54.2 Å². The second-order valence-electron chi connectivity index (χ2n) is 6.92. The predicted octanol–water partition coefficient (Wildman–Crippen LogP) is 3.21. The van der Waals surface area contributed by atoms with Crippen LogP contribution >= 0.6 is 0 Å². The number of carbonyl (C=O) groups excluding carboxylic acids is 1. The normalized spacial score (nSPS) is 17.5. The minimum absolute atomic E-state index is 0.0418. The molecule has 0 bridgehead atoms. The Kier molecular flexibility index (Phi) is 4.58. The Morgan fingerprint density at radius 2 is 2.04 bits per heavy atom. The number of nitrogens with one attached hydrogen (secondary N) is 3. The summed E-state index contributed by atoms with van der Waals surface area (Å²) in [6, 6.07) is 14.8. The summed E-state index contributed by atoms with van der Waals surface area (Å²) in [7, 11) is 0. The van der Waals surface area contributed by atoms with Crippen molar-refractivity contribution in [2.45, 2.75) is 25.9 Å². The molecule has 1 aliphatic heterocycles. The fourth-order valence-corrected chi connectivity index (χ4v) is 3.52. The Labute approximate surface area is 152 Å². The zero-order valence-electron chi connectivity index (χ0n) is 14.8. The van der Waals surface area contributed by atoms with Crippen LogP contribution in [-0.2, 0) is 11.3 Å². The zero-order chi connectivity index (χ0) is 17.9. The number of anilines is 2. The number of aromatic amines is 1. The summed E-state index contributed by atoms with van der Waals surface area (Å²) in [4.78, 5) is 13.5. The highest BCUT2D eigenvalue weighted by molar-refractivity contribution is 5.88. The topological polar surface area (TPSA) is 73.1 Å². The first-order valence-corrected chi connectivity index (χ1v) is 8.94. The van der Waals surface area contributed by atoms with E-state index in [2.05, 4.69) is 56.1 Å². The van der Waals surface area contributed by atoms with Crippen LogP contribution in [0.25, 0.3) is 10.9 Å². The Balaban J connectivity index is 1.32. The number of nitrogens with zero attached hydrogens (tertiary/aromatic N) is 2. The molecule has 0 saturated carbocycles. The molecule has 1 saturated heterocycles. The lowest BCUT2D eigenvalue weighted by molar-refractivity contribution is -0.114. The molecule has 1 unspecified atom stereocenters. The Morgan fingerprint density at radius 1 is 1.23 bits per heavy atom. The van der Waals surface area contributed by atoms with Crippen LogP contribution in [0.3, 0.4) is 0 Å². The summed E-state index contributed by atoms with van der Waals surface area (Å²) < 4.78 is 0. The number of aromatic nitrogens is 2. The summed E-state index contributed by atoms with van der Waals surface area (Å²) in [6.45, 7) is 4.56. The second-order valence-corrected chi connectivity index (χ2v) is 6.92. The van der Waals surface area contributed by atoms with Crippen molar-refractivity contribution in [2.75, 3.05) is 23.7 Å². The van der Waals surface area contributed by atoms with Crippen LogP contribution in [0.15, 0.2) is 48.7 Å². The lowest BCUT2D eigenvalue weighted by atomic mass is 10.2. The van der Waals surface area contributed by atoms with E-state index in [1.165, 1.54) is 12.5 Å². The van der Waals surface area contributed by atoms with Gasteiger partial charge in [0.25, 0.3) is 0 Å². The summed E-state index contributed by atoms with van der Waals surface area (Å²) in [5.41, 5.74) is 4.31. The number of hydrogen-bond acceptors (Lipinski definition) is 4. The number of hydrogen-bond donors (Lipinski definition) is 3. The van der Waals surface area contributed by atoms with E-state index in [0.717, 1.165) is 48.3 Å². The molecule has 0 aliphatic carbocycles. The van der Waals surface area contributed by atoms with Gasteiger partial charge in [0.2, 0.25) is 5.91 Å². The smallest absolute Gasteiger partial charge is 0.221 e. The molecular formula is C20H23N5O. The second kappa shape index (κ2) is 7.17. The molecule has 3 N–H and O–H groups in total. The Hall–Kier alpha value is -2.86. The minimum Gasteiger partial charge on any atom is -0.381 e. The lowest BCUT2D eigenvalue weighted by Gasteiger charge is -2.18. The molecule has 2 aromatic carbocycles. The standard InChI is InChI=1S/C20H23N5O/c1-14(26)22-17-4-2-15(3-5-17)12-25-9-8-19(13-25)23-18-6-7-20-16(10-18)11-21-24-20/h2-7,10-11,19,23H,8-9,12-13H2,1H3,(H,21,24)(H,22,26). The van der Waals surface area contributed by atoms with Crippen LogP contribution in [0.2, 0.25) is 0 Å². The van der Waals surface area contributed by atoms with E-state index < -0.39 is 0 Å². The van der Waals surface area contributed by atoms with Crippen molar-refractivity contribution in [3.8, 4) is 0 Å². The molecule has 1 atom stereocenters. The number of benzene rings is 2. The SMILES string of the molecule is CC(=O)Nc1ccc(CN2CCC(Nc3ccc4[nH]ncc4c3)C2)cc1. The van der Waals surface area contributed by atoms with E-state index in [1.807, 2.05) is 18.3 Å². The molecular weight excluding hydrogens is 326 g/mol. The average Bonchev–Trinajstić information content (AvgIpc) is 3.25. The minimum atomic E-state index is -0.0418. The predicted molar refractivity (Wildman–Crippen MR) is 104 cm³/mol. The zero-order valence-corrected chi connectivity index (χ0v) is 14.8. The van der Waals surface area contributed by atoms with E-state index in [4.69, 9.17) is 0 Å². The highest BCUT2D eigenvalue weighted by Gasteiger charge is 2.22. The first-order chi connectivity index (χ1) is 12.7. The molecule has 1 aliphatic rings. The third-order valence-electron chi connectivity index (χ3n) is 4.76. The number of amides is 1. The van der Waals surface area contributed by atoms with Crippen molar-refractivity contribution in [3.63, 3.8) is 0 Å². The largest absolute Gasteiger partial charge is 0.381 e. The first kappa shape index (κ1) is 16.6. The number of carbonyl (C=O) groups is 1. The lowest BCUT2D eigenvalue weighted by Crippen LogP contribution is -2.25. The van der Waals surface area contributed by atoms with Gasteiger partial charge in [0, 0.05) is 49.4 Å². The fourth-order valence-electron chi connectivity index (χ4n) is 3.52. The molecule has 4 rings (SSSR count). The summed E-state index contributed by atoms with van der Waals surface area (Å²) >= 11 is 0. The third-order valence-corrected chi connectivity index (χ3v) is 4.76. The van der Waals surface area contributed by atoms with Gasteiger partial charge < -0.3 is 10.6 Å². The Morgan fingerprint density at radius 3 is 2.85 bits per heavy atom. The van der Waals surface area contributed by atoms with Gasteiger partial charge in [-0.2, -0.15) is 5.10 Å². The van der Waals surface area contributed by atoms with E-state index in [9.17, 15) is 4.79 Å². The molecule has 1 amide bonds. The van der Waals surface area contributed by atoms with E-state index >= 15 is 0 Å². The van der Waals surface area contributed by atoms with Gasteiger partial charge in [0.05, 0.1) is 11.7 Å².